The van der Waals surface area contributed by atoms with Crippen LogP contribution in [0.15, 0.2) is 5.10 Å². The van der Waals surface area contributed by atoms with E-state index in [0.29, 0.717) is 0 Å². The van der Waals surface area contributed by atoms with E-state index in [1.54, 1.807) is 6.34 Å². The summed E-state index contributed by atoms with van der Waals surface area (Å²) in [5.41, 5.74) is 2.63. The molecule has 0 fully saturated rings. The van der Waals surface area contributed by atoms with Crippen LogP contribution in [0, 0.1) is 0 Å². The van der Waals surface area contributed by atoms with Crippen LogP contribution in [0.1, 0.15) is 20.8 Å². The largest absolute Gasteiger partial charge is 0.331 e. The van der Waals surface area contributed by atoms with Crippen LogP contribution in [-0.4, -0.2) is 26.7 Å². The molecule has 0 aromatic rings. The zero-order valence-electron chi connectivity index (χ0n) is 7.68. The van der Waals surface area contributed by atoms with E-state index in [2.05, 4.69) is 10.5 Å². The number of rotatable bonds is 0. The van der Waals surface area contributed by atoms with Gasteiger partial charge in [-0.1, -0.05) is 34.8 Å². The van der Waals surface area contributed by atoms with E-state index in [4.69, 9.17) is 34.8 Å². The van der Waals surface area contributed by atoms with Gasteiger partial charge in [0.05, 0.1) is 0 Å². The Bertz CT molecular complexity index is 216. The molecule has 6 heteroatoms. The molecule has 0 spiro atoms. The van der Waals surface area contributed by atoms with E-state index < -0.39 is 9.96 Å². The molecule has 76 valence electrons. The highest BCUT2D eigenvalue weighted by atomic mass is 35.6. The smallest absolute Gasteiger partial charge is 0.230 e. The molecule has 0 saturated heterocycles. The molecule has 0 saturated carbocycles. The summed E-state index contributed by atoms with van der Waals surface area (Å²) >= 11 is 17.4. The molecule has 3 nitrogen and oxygen atoms in total. The summed E-state index contributed by atoms with van der Waals surface area (Å²) in [7, 11) is 0. The molecule has 0 amide bonds. The van der Waals surface area contributed by atoms with Crippen LogP contribution in [0.3, 0.4) is 0 Å². The Morgan fingerprint density at radius 3 is 2.15 bits per heavy atom. The van der Waals surface area contributed by atoms with Crippen molar-refractivity contribution >= 4 is 41.1 Å². The maximum atomic E-state index is 5.79. The molecule has 1 rings (SSSR count). The van der Waals surface area contributed by atoms with Gasteiger partial charge in [-0.3, -0.25) is 5.43 Å². The van der Waals surface area contributed by atoms with Gasteiger partial charge >= 0.3 is 0 Å². The van der Waals surface area contributed by atoms with Gasteiger partial charge < -0.3 is 4.90 Å². The first-order valence-corrected chi connectivity index (χ1v) is 5.00. The Labute approximate surface area is 93.0 Å². The third kappa shape index (κ3) is 2.55. The second-order valence-corrected chi connectivity index (χ2v) is 6.26. The molecule has 1 N–H and O–H groups in total. The van der Waals surface area contributed by atoms with Gasteiger partial charge in [0.2, 0.25) is 3.79 Å². The highest BCUT2D eigenvalue weighted by molar-refractivity contribution is 6.68. The zero-order valence-corrected chi connectivity index (χ0v) is 9.95. The fraction of sp³-hybridized carbons (Fsp3) is 0.857. The van der Waals surface area contributed by atoms with Crippen LogP contribution in [0.4, 0.5) is 0 Å². The van der Waals surface area contributed by atoms with Gasteiger partial charge in [-0.25, -0.2) is 0 Å². The van der Waals surface area contributed by atoms with Crippen LogP contribution in [0.25, 0.3) is 0 Å². The highest BCUT2D eigenvalue weighted by Crippen LogP contribution is 2.35. The molecule has 1 atom stereocenters. The van der Waals surface area contributed by atoms with Crippen molar-refractivity contribution in [1.29, 1.82) is 0 Å². The Kier molecular flexibility index (Phi) is 2.91. The standard InChI is InChI=1S/C7H12Cl3N3/c1-6(2,3)13-4-11-12-5(13)7(8,9)10/h4-5,12H,1-3H3. The molecule has 1 heterocycles. The van der Waals surface area contributed by atoms with Crippen molar-refractivity contribution in [2.24, 2.45) is 5.10 Å². The Morgan fingerprint density at radius 2 is 1.85 bits per heavy atom. The van der Waals surface area contributed by atoms with Crippen molar-refractivity contribution in [1.82, 2.24) is 10.3 Å². The topological polar surface area (TPSA) is 27.6 Å². The maximum Gasteiger partial charge on any atom is 0.230 e. The van der Waals surface area contributed by atoms with E-state index >= 15 is 0 Å². The summed E-state index contributed by atoms with van der Waals surface area (Å²) in [5, 5.41) is 3.88. The molecular formula is C7H12Cl3N3. The van der Waals surface area contributed by atoms with Crippen molar-refractivity contribution in [2.45, 2.75) is 36.3 Å². The average molecular weight is 245 g/mol. The molecule has 13 heavy (non-hydrogen) atoms. The van der Waals surface area contributed by atoms with Crippen molar-refractivity contribution in [3.8, 4) is 0 Å². The molecule has 0 bridgehead atoms. The molecule has 1 unspecified atom stereocenters. The molecule has 1 aliphatic heterocycles. The normalized spacial score (nSPS) is 23.5. The van der Waals surface area contributed by atoms with Gasteiger partial charge in [0.1, 0.15) is 6.34 Å². The molecule has 0 radical (unpaired) electrons. The van der Waals surface area contributed by atoms with Gasteiger partial charge in [0.15, 0.2) is 6.17 Å². The van der Waals surface area contributed by atoms with Crippen molar-refractivity contribution < 1.29 is 0 Å². The summed E-state index contributed by atoms with van der Waals surface area (Å²) in [6, 6.07) is 0. The van der Waals surface area contributed by atoms with Crippen LogP contribution >= 0.6 is 34.8 Å². The molecular weight excluding hydrogens is 232 g/mol. The Hall–Kier alpha value is 0.140. The lowest BCUT2D eigenvalue weighted by atomic mass is 10.1. The second kappa shape index (κ2) is 3.37. The predicted molar refractivity (Wildman–Crippen MR) is 57.3 cm³/mol. The number of alkyl halides is 3. The number of hydrazone groups is 1. The monoisotopic (exact) mass is 243 g/mol. The first-order valence-electron chi connectivity index (χ1n) is 3.87. The average Bonchev–Trinajstić information content (AvgIpc) is 2.27. The van der Waals surface area contributed by atoms with E-state index in [9.17, 15) is 0 Å². The zero-order chi connectivity index (χ0) is 10.3. The first kappa shape index (κ1) is 11.2. The summed E-state index contributed by atoms with van der Waals surface area (Å²) in [4.78, 5) is 1.88. The van der Waals surface area contributed by atoms with Gasteiger partial charge in [0.25, 0.3) is 0 Å². The fourth-order valence-corrected chi connectivity index (χ4v) is 1.55. The van der Waals surface area contributed by atoms with Crippen molar-refractivity contribution in [3.05, 3.63) is 0 Å². The van der Waals surface area contributed by atoms with Crippen LogP contribution in [0.2, 0.25) is 0 Å². The fourth-order valence-electron chi connectivity index (χ4n) is 1.09. The van der Waals surface area contributed by atoms with Crippen LogP contribution in [0.5, 0.6) is 0 Å². The van der Waals surface area contributed by atoms with E-state index in [1.807, 2.05) is 25.7 Å². The lowest BCUT2D eigenvalue weighted by Gasteiger charge is -2.38. The van der Waals surface area contributed by atoms with Gasteiger partial charge in [-0.05, 0) is 20.8 Å². The minimum atomic E-state index is -1.39. The van der Waals surface area contributed by atoms with Crippen molar-refractivity contribution in [3.63, 3.8) is 0 Å². The summed E-state index contributed by atoms with van der Waals surface area (Å²) < 4.78 is -1.39. The Balaban J connectivity index is 2.81. The van der Waals surface area contributed by atoms with Crippen LogP contribution in [-0.2, 0) is 0 Å². The van der Waals surface area contributed by atoms with Crippen molar-refractivity contribution in [2.75, 3.05) is 0 Å². The van der Waals surface area contributed by atoms with Gasteiger partial charge in [-0.2, -0.15) is 5.10 Å². The predicted octanol–water partition coefficient (Wildman–Crippen LogP) is 2.33. The quantitative estimate of drug-likeness (QED) is 0.662. The highest BCUT2D eigenvalue weighted by Gasteiger charge is 2.42. The number of nitrogens with one attached hydrogen (secondary N) is 1. The third-order valence-electron chi connectivity index (χ3n) is 1.74. The van der Waals surface area contributed by atoms with E-state index in [1.165, 1.54) is 0 Å². The first-order chi connectivity index (χ1) is 5.73. The number of hydrogen-bond acceptors (Lipinski definition) is 3. The molecule has 0 aromatic heterocycles. The van der Waals surface area contributed by atoms with Gasteiger partial charge in [-0.15, -0.1) is 0 Å². The molecule has 1 aliphatic rings. The number of hydrogen-bond donors (Lipinski definition) is 1. The van der Waals surface area contributed by atoms with E-state index in [0.717, 1.165) is 0 Å². The third-order valence-corrected chi connectivity index (χ3v) is 2.36. The number of nitrogens with zero attached hydrogens (tertiary/aromatic N) is 2. The van der Waals surface area contributed by atoms with Gasteiger partial charge in [0, 0.05) is 5.54 Å². The minimum Gasteiger partial charge on any atom is -0.331 e. The summed E-state index contributed by atoms with van der Waals surface area (Å²) in [5.74, 6) is 0. The SMILES string of the molecule is CC(C)(C)N1C=NNC1C(Cl)(Cl)Cl. The van der Waals surface area contributed by atoms with Crippen LogP contribution < -0.4 is 5.43 Å². The maximum absolute atomic E-state index is 5.79. The lowest BCUT2D eigenvalue weighted by Crippen LogP contribution is -2.54. The second-order valence-electron chi connectivity index (χ2n) is 3.90. The number of halogens is 3. The summed E-state index contributed by atoms with van der Waals surface area (Å²) in [6.45, 7) is 6.07. The molecule has 0 aliphatic carbocycles. The minimum absolute atomic E-state index is 0.123. The lowest BCUT2D eigenvalue weighted by molar-refractivity contribution is 0.179. The molecule has 0 aromatic carbocycles. The Morgan fingerprint density at radius 1 is 1.31 bits per heavy atom. The van der Waals surface area contributed by atoms with E-state index in [-0.39, 0.29) is 5.54 Å². The summed E-state index contributed by atoms with van der Waals surface area (Å²) in [6.07, 6.45) is 1.24.